The highest BCUT2D eigenvalue weighted by Gasteiger charge is 2.24. The molecule has 1 aliphatic rings. The van der Waals surface area contributed by atoms with Gasteiger partial charge in [-0.2, -0.15) is 5.10 Å². The Morgan fingerprint density at radius 3 is 2.80 bits per heavy atom. The number of carbonyl (C=O) groups excluding carboxylic acids is 2. The van der Waals surface area contributed by atoms with Crippen LogP contribution in [0.25, 0.3) is 0 Å². The zero-order valence-corrected chi connectivity index (χ0v) is 17.7. The van der Waals surface area contributed by atoms with Crippen molar-refractivity contribution in [2.24, 2.45) is 0 Å². The maximum absolute atomic E-state index is 12.4. The molecule has 0 saturated carbocycles. The molecule has 1 atom stereocenters. The summed E-state index contributed by atoms with van der Waals surface area (Å²) < 4.78 is 12.3. The van der Waals surface area contributed by atoms with Crippen LogP contribution >= 0.6 is 0 Å². The van der Waals surface area contributed by atoms with E-state index in [4.69, 9.17) is 9.47 Å². The molecule has 0 spiro atoms. The van der Waals surface area contributed by atoms with Crippen molar-refractivity contribution in [3.63, 3.8) is 0 Å². The predicted molar refractivity (Wildman–Crippen MR) is 112 cm³/mol. The van der Waals surface area contributed by atoms with Gasteiger partial charge in [0.25, 0.3) is 0 Å². The van der Waals surface area contributed by atoms with Gasteiger partial charge < -0.3 is 19.7 Å². The van der Waals surface area contributed by atoms with E-state index < -0.39 is 0 Å². The van der Waals surface area contributed by atoms with E-state index in [1.54, 1.807) is 22.6 Å². The minimum Gasteiger partial charge on any atom is -0.461 e. The fourth-order valence-electron chi connectivity index (χ4n) is 3.57. The van der Waals surface area contributed by atoms with Gasteiger partial charge in [-0.15, -0.1) is 0 Å². The topological polar surface area (TPSA) is 85.7 Å². The van der Waals surface area contributed by atoms with Crippen molar-refractivity contribution in [1.29, 1.82) is 0 Å². The molecule has 3 rings (SSSR count). The summed E-state index contributed by atoms with van der Waals surface area (Å²) in [6, 6.07) is 11.6. The van der Waals surface area contributed by atoms with Crippen molar-refractivity contribution >= 4 is 12.1 Å². The van der Waals surface area contributed by atoms with Crippen LogP contribution in [0.5, 0.6) is 0 Å². The molecule has 1 aliphatic heterocycles. The van der Waals surface area contributed by atoms with Crippen LogP contribution in [0.1, 0.15) is 41.5 Å². The molecule has 30 heavy (non-hydrogen) atoms. The molecule has 0 bridgehead atoms. The van der Waals surface area contributed by atoms with Crippen LogP contribution in [0.4, 0.5) is 4.79 Å². The molecular weight excluding hydrogens is 384 g/mol. The molecule has 8 nitrogen and oxygen atoms in total. The van der Waals surface area contributed by atoms with Crippen molar-refractivity contribution in [3.05, 3.63) is 53.3 Å². The van der Waals surface area contributed by atoms with Crippen LogP contribution in [-0.2, 0) is 22.6 Å². The summed E-state index contributed by atoms with van der Waals surface area (Å²) in [6.07, 6.45) is 1.42. The van der Waals surface area contributed by atoms with Gasteiger partial charge in [0.15, 0.2) is 0 Å². The molecule has 1 N–H and O–H groups in total. The monoisotopic (exact) mass is 414 g/mol. The van der Waals surface area contributed by atoms with E-state index in [1.807, 2.05) is 37.3 Å². The van der Waals surface area contributed by atoms with Gasteiger partial charge in [-0.3, -0.25) is 4.68 Å². The number of aromatic nitrogens is 2. The first kappa shape index (κ1) is 21.8. The third-order valence-electron chi connectivity index (χ3n) is 5.03. The number of aryl methyl sites for hydroxylation is 2. The van der Waals surface area contributed by atoms with Gasteiger partial charge >= 0.3 is 12.1 Å². The summed E-state index contributed by atoms with van der Waals surface area (Å²) in [5.74, 6) is -0.346. The third kappa shape index (κ3) is 6.06. The van der Waals surface area contributed by atoms with Crippen molar-refractivity contribution in [3.8, 4) is 0 Å². The van der Waals surface area contributed by atoms with E-state index in [0.717, 1.165) is 30.6 Å². The molecule has 1 saturated heterocycles. The van der Waals surface area contributed by atoms with E-state index in [-0.39, 0.29) is 24.7 Å². The van der Waals surface area contributed by atoms with Crippen LogP contribution in [-0.4, -0.2) is 59.0 Å². The molecule has 2 heterocycles. The lowest BCUT2D eigenvalue weighted by Gasteiger charge is -2.33. The van der Waals surface area contributed by atoms with Crippen molar-refractivity contribution in [2.75, 3.05) is 26.2 Å². The van der Waals surface area contributed by atoms with Crippen molar-refractivity contribution in [2.45, 2.75) is 45.9 Å². The summed E-state index contributed by atoms with van der Waals surface area (Å²) in [6.45, 7) is 6.87. The Morgan fingerprint density at radius 1 is 1.23 bits per heavy atom. The smallest absolute Gasteiger partial charge is 0.410 e. The number of hydrogen-bond donors (Lipinski definition) is 1. The number of amides is 1. The number of benzene rings is 1. The molecule has 8 heteroatoms. The lowest BCUT2D eigenvalue weighted by molar-refractivity contribution is 0.0511. The van der Waals surface area contributed by atoms with Gasteiger partial charge in [-0.25, -0.2) is 9.59 Å². The molecule has 162 valence electrons. The van der Waals surface area contributed by atoms with E-state index in [0.29, 0.717) is 31.9 Å². The Kier molecular flexibility index (Phi) is 7.84. The highest BCUT2D eigenvalue weighted by molar-refractivity contribution is 5.87. The summed E-state index contributed by atoms with van der Waals surface area (Å²) in [5, 5.41) is 7.86. The van der Waals surface area contributed by atoms with Gasteiger partial charge in [-0.1, -0.05) is 30.3 Å². The lowest BCUT2D eigenvalue weighted by Crippen LogP contribution is -2.52. The molecule has 1 aromatic heterocycles. The zero-order chi connectivity index (χ0) is 21.3. The first-order valence-corrected chi connectivity index (χ1v) is 10.5. The second kappa shape index (κ2) is 10.8. The number of ether oxygens (including phenoxy) is 2. The molecule has 0 aliphatic carbocycles. The van der Waals surface area contributed by atoms with Crippen LogP contribution in [0.3, 0.4) is 0 Å². The average Bonchev–Trinajstić information content (AvgIpc) is 3.14. The Balaban J connectivity index is 1.45. The maximum atomic E-state index is 12.4. The van der Waals surface area contributed by atoms with E-state index in [2.05, 4.69) is 10.4 Å². The summed E-state index contributed by atoms with van der Waals surface area (Å²) in [5.41, 5.74) is 2.25. The van der Waals surface area contributed by atoms with Gasteiger partial charge in [0.2, 0.25) is 0 Å². The highest BCUT2D eigenvalue weighted by Crippen LogP contribution is 2.12. The number of rotatable bonds is 8. The summed E-state index contributed by atoms with van der Waals surface area (Å²) in [4.78, 5) is 26.2. The SMILES string of the molecule is CCOC(=O)c1cc(C)nn1CCC[C@@H]1CN(C(=O)OCc2ccccc2)CCN1. The summed E-state index contributed by atoms with van der Waals surface area (Å²) in [7, 11) is 0. The van der Waals surface area contributed by atoms with Crippen LogP contribution in [0.15, 0.2) is 36.4 Å². The second-order valence-corrected chi connectivity index (χ2v) is 7.39. The number of piperazine rings is 1. The maximum Gasteiger partial charge on any atom is 0.410 e. The minimum absolute atomic E-state index is 0.186. The number of carbonyl (C=O) groups is 2. The van der Waals surface area contributed by atoms with E-state index in [1.165, 1.54) is 0 Å². The molecule has 0 radical (unpaired) electrons. The molecule has 1 amide bonds. The van der Waals surface area contributed by atoms with Crippen LogP contribution in [0, 0.1) is 6.92 Å². The molecule has 2 aromatic rings. The quantitative estimate of drug-likeness (QED) is 0.669. The first-order valence-electron chi connectivity index (χ1n) is 10.5. The largest absolute Gasteiger partial charge is 0.461 e. The van der Waals surface area contributed by atoms with Crippen molar-refractivity contribution in [1.82, 2.24) is 20.0 Å². The van der Waals surface area contributed by atoms with Gasteiger partial charge in [0.05, 0.1) is 12.3 Å². The Morgan fingerprint density at radius 2 is 2.03 bits per heavy atom. The normalized spacial score (nSPS) is 16.3. The number of nitrogens with zero attached hydrogens (tertiary/aromatic N) is 3. The Hall–Kier alpha value is -2.87. The number of nitrogens with one attached hydrogen (secondary N) is 1. The molecular formula is C22H30N4O4. The predicted octanol–water partition coefficient (Wildman–Crippen LogP) is 2.76. The zero-order valence-electron chi connectivity index (χ0n) is 17.7. The van der Waals surface area contributed by atoms with E-state index >= 15 is 0 Å². The first-order chi connectivity index (χ1) is 14.6. The van der Waals surface area contributed by atoms with Gasteiger partial charge in [-0.05, 0) is 38.3 Å². The fourth-order valence-corrected chi connectivity index (χ4v) is 3.57. The van der Waals surface area contributed by atoms with Crippen LogP contribution < -0.4 is 5.32 Å². The molecule has 1 fully saturated rings. The standard InChI is InChI=1S/C22H30N4O4/c1-3-29-21(27)20-14-17(2)24-26(20)12-7-10-19-15-25(13-11-23-19)22(28)30-16-18-8-5-4-6-9-18/h4-6,8-9,14,19,23H,3,7,10-13,15-16H2,1-2H3/t19-/m1/s1. The van der Waals surface area contributed by atoms with Gasteiger partial charge in [0.1, 0.15) is 12.3 Å². The lowest BCUT2D eigenvalue weighted by atomic mass is 10.1. The average molecular weight is 415 g/mol. The fraction of sp³-hybridized carbons (Fsp3) is 0.500. The second-order valence-electron chi connectivity index (χ2n) is 7.39. The highest BCUT2D eigenvalue weighted by atomic mass is 16.6. The number of hydrogen-bond acceptors (Lipinski definition) is 6. The minimum atomic E-state index is -0.346. The molecule has 1 aromatic carbocycles. The summed E-state index contributed by atoms with van der Waals surface area (Å²) >= 11 is 0. The Labute approximate surface area is 177 Å². The van der Waals surface area contributed by atoms with Crippen molar-refractivity contribution < 1.29 is 19.1 Å². The Bertz CT molecular complexity index is 837. The molecule has 0 unspecified atom stereocenters. The van der Waals surface area contributed by atoms with Crippen LogP contribution in [0.2, 0.25) is 0 Å². The van der Waals surface area contributed by atoms with E-state index in [9.17, 15) is 9.59 Å². The number of esters is 1. The van der Waals surface area contributed by atoms with Gasteiger partial charge in [0, 0.05) is 32.2 Å². The third-order valence-corrected chi connectivity index (χ3v) is 5.03.